The maximum Gasteiger partial charge on any atom is 0.246 e. The molecule has 0 bridgehead atoms. The van der Waals surface area contributed by atoms with Gasteiger partial charge in [-0.05, 0) is 56.2 Å². The zero-order valence-electron chi connectivity index (χ0n) is 19.0. The molecule has 1 spiro atoms. The molecular weight excluding hydrogens is 398 g/mol. The Kier molecular flexibility index (Phi) is 7.59. The van der Waals surface area contributed by atoms with Gasteiger partial charge in [0, 0.05) is 19.6 Å². The third-order valence-electron chi connectivity index (χ3n) is 7.07. The van der Waals surface area contributed by atoms with Crippen LogP contribution in [0.3, 0.4) is 0 Å². The molecule has 1 N–H and O–H groups in total. The smallest absolute Gasteiger partial charge is 0.246 e. The Hall–Kier alpha value is -2.66. The predicted molar refractivity (Wildman–Crippen MR) is 127 cm³/mol. The van der Waals surface area contributed by atoms with E-state index < -0.39 is 5.54 Å². The average molecular weight is 434 g/mol. The standard InChI is InChI=1S/C27H35N3O2/c31-25-22-28-26(32)27(30(25)19-15-24-13-6-2-7-14-24)16-20-29(21-17-27)18-9-3-8-12-23-10-4-1-5-11-23/h1-2,4-7,10-11,13-14H,3,8-9,12,15-22H2,(H,28,32). The summed E-state index contributed by atoms with van der Waals surface area (Å²) in [4.78, 5) is 30.1. The number of likely N-dealkylation sites (tertiary alicyclic amines) is 1. The van der Waals surface area contributed by atoms with E-state index in [4.69, 9.17) is 0 Å². The van der Waals surface area contributed by atoms with E-state index in [1.165, 1.54) is 30.4 Å². The summed E-state index contributed by atoms with van der Waals surface area (Å²) in [6, 6.07) is 20.9. The summed E-state index contributed by atoms with van der Waals surface area (Å²) in [5.74, 6) is 0.0857. The van der Waals surface area contributed by atoms with Crippen LogP contribution < -0.4 is 5.32 Å². The highest BCUT2D eigenvalue weighted by Crippen LogP contribution is 2.32. The van der Waals surface area contributed by atoms with Gasteiger partial charge in [0.15, 0.2) is 0 Å². The minimum absolute atomic E-state index is 0.0349. The lowest BCUT2D eigenvalue weighted by molar-refractivity contribution is -0.157. The number of piperazine rings is 1. The number of piperidine rings is 1. The number of carbonyl (C=O) groups excluding carboxylic acids is 2. The Balaban J connectivity index is 1.26. The molecule has 0 radical (unpaired) electrons. The summed E-state index contributed by atoms with van der Waals surface area (Å²) >= 11 is 0. The number of amides is 2. The first-order chi connectivity index (χ1) is 15.7. The minimum atomic E-state index is -0.673. The number of hydrogen-bond acceptors (Lipinski definition) is 3. The Morgan fingerprint density at radius 3 is 2.03 bits per heavy atom. The van der Waals surface area contributed by atoms with Crippen molar-refractivity contribution in [1.29, 1.82) is 0 Å². The van der Waals surface area contributed by atoms with Crippen molar-refractivity contribution in [3.05, 3.63) is 71.8 Å². The Morgan fingerprint density at radius 2 is 1.38 bits per heavy atom. The molecule has 0 atom stereocenters. The van der Waals surface area contributed by atoms with Crippen molar-refractivity contribution in [2.24, 2.45) is 0 Å². The van der Waals surface area contributed by atoms with Crippen LogP contribution in [0.25, 0.3) is 0 Å². The monoisotopic (exact) mass is 433 g/mol. The molecule has 2 aromatic carbocycles. The molecule has 0 aromatic heterocycles. The summed E-state index contributed by atoms with van der Waals surface area (Å²) in [5, 5.41) is 2.86. The van der Waals surface area contributed by atoms with Gasteiger partial charge in [0.25, 0.3) is 0 Å². The number of nitrogens with zero attached hydrogens (tertiary/aromatic N) is 2. The van der Waals surface area contributed by atoms with E-state index in [2.05, 4.69) is 52.7 Å². The number of hydrogen-bond donors (Lipinski definition) is 1. The molecule has 0 aliphatic carbocycles. The normalized spacial score (nSPS) is 18.7. The molecule has 32 heavy (non-hydrogen) atoms. The van der Waals surface area contributed by atoms with Crippen LogP contribution in [0.15, 0.2) is 60.7 Å². The molecule has 2 aliphatic rings. The summed E-state index contributed by atoms with van der Waals surface area (Å²) in [5.41, 5.74) is 1.94. The molecular formula is C27H35N3O2. The number of nitrogens with one attached hydrogen (secondary N) is 1. The van der Waals surface area contributed by atoms with Crippen molar-refractivity contribution in [3.63, 3.8) is 0 Å². The third kappa shape index (κ3) is 5.39. The van der Waals surface area contributed by atoms with E-state index in [1.54, 1.807) is 0 Å². The quantitative estimate of drug-likeness (QED) is 0.617. The van der Waals surface area contributed by atoms with E-state index in [1.807, 2.05) is 23.1 Å². The van der Waals surface area contributed by atoms with Crippen molar-refractivity contribution < 1.29 is 9.59 Å². The number of carbonyl (C=O) groups is 2. The van der Waals surface area contributed by atoms with Gasteiger partial charge in [-0.15, -0.1) is 0 Å². The van der Waals surface area contributed by atoms with E-state index in [0.29, 0.717) is 6.54 Å². The maximum atomic E-state index is 13.0. The van der Waals surface area contributed by atoms with Gasteiger partial charge in [0.05, 0.1) is 6.54 Å². The van der Waals surface area contributed by atoms with Gasteiger partial charge in [0.1, 0.15) is 5.54 Å². The lowest BCUT2D eigenvalue weighted by atomic mass is 9.82. The highest BCUT2D eigenvalue weighted by molar-refractivity contribution is 5.98. The second-order valence-corrected chi connectivity index (χ2v) is 9.13. The van der Waals surface area contributed by atoms with E-state index in [0.717, 1.165) is 45.3 Å². The van der Waals surface area contributed by atoms with E-state index >= 15 is 0 Å². The molecule has 0 unspecified atom stereocenters. The van der Waals surface area contributed by atoms with E-state index in [9.17, 15) is 9.59 Å². The zero-order chi connectivity index (χ0) is 22.2. The topological polar surface area (TPSA) is 52.7 Å². The highest BCUT2D eigenvalue weighted by Gasteiger charge is 2.50. The Morgan fingerprint density at radius 1 is 0.750 bits per heavy atom. The largest absolute Gasteiger partial charge is 0.345 e. The van der Waals surface area contributed by atoms with Crippen LogP contribution in [0.1, 0.15) is 43.2 Å². The van der Waals surface area contributed by atoms with Crippen molar-refractivity contribution in [2.45, 2.75) is 50.5 Å². The second kappa shape index (κ2) is 10.8. The van der Waals surface area contributed by atoms with Gasteiger partial charge in [0.2, 0.25) is 11.8 Å². The first kappa shape index (κ1) is 22.5. The van der Waals surface area contributed by atoms with Crippen LogP contribution in [-0.2, 0) is 22.4 Å². The lowest BCUT2D eigenvalue weighted by Crippen LogP contribution is -2.70. The predicted octanol–water partition coefficient (Wildman–Crippen LogP) is 3.44. The molecule has 2 fully saturated rings. The first-order valence-corrected chi connectivity index (χ1v) is 12.1. The fourth-order valence-corrected chi connectivity index (χ4v) is 5.13. The summed E-state index contributed by atoms with van der Waals surface area (Å²) < 4.78 is 0. The SMILES string of the molecule is O=C1CNC(=O)C2(CCN(CCCCCc3ccccc3)CC2)N1CCc1ccccc1. The van der Waals surface area contributed by atoms with E-state index in [-0.39, 0.29) is 18.4 Å². The van der Waals surface area contributed by atoms with Crippen LogP contribution in [0.2, 0.25) is 0 Å². The number of benzene rings is 2. The fourth-order valence-electron chi connectivity index (χ4n) is 5.13. The summed E-state index contributed by atoms with van der Waals surface area (Å²) in [6.07, 6.45) is 7.00. The van der Waals surface area contributed by atoms with Crippen LogP contribution in [-0.4, -0.2) is 59.9 Å². The van der Waals surface area contributed by atoms with Crippen molar-refractivity contribution in [2.75, 3.05) is 32.7 Å². The van der Waals surface area contributed by atoms with Gasteiger partial charge < -0.3 is 15.1 Å². The van der Waals surface area contributed by atoms with Gasteiger partial charge in [-0.25, -0.2) is 0 Å². The third-order valence-corrected chi connectivity index (χ3v) is 7.07. The number of unbranched alkanes of at least 4 members (excludes halogenated alkanes) is 2. The van der Waals surface area contributed by atoms with Gasteiger partial charge >= 0.3 is 0 Å². The van der Waals surface area contributed by atoms with Gasteiger partial charge in [-0.3, -0.25) is 9.59 Å². The van der Waals surface area contributed by atoms with Crippen LogP contribution in [0.4, 0.5) is 0 Å². The molecule has 5 heteroatoms. The Labute approximate surface area is 191 Å². The maximum absolute atomic E-state index is 13.0. The summed E-state index contributed by atoms with van der Waals surface area (Å²) in [7, 11) is 0. The molecule has 2 aromatic rings. The first-order valence-electron chi connectivity index (χ1n) is 12.1. The molecule has 2 heterocycles. The fraction of sp³-hybridized carbons (Fsp3) is 0.481. The number of rotatable bonds is 9. The second-order valence-electron chi connectivity index (χ2n) is 9.13. The van der Waals surface area contributed by atoms with Crippen molar-refractivity contribution in [1.82, 2.24) is 15.1 Å². The van der Waals surface area contributed by atoms with Gasteiger partial charge in [-0.2, -0.15) is 0 Å². The van der Waals surface area contributed by atoms with Crippen LogP contribution in [0.5, 0.6) is 0 Å². The van der Waals surface area contributed by atoms with Crippen molar-refractivity contribution >= 4 is 11.8 Å². The molecule has 2 aliphatic heterocycles. The lowest BCUT2D eigenvalue weighted by Gasteiger charge is -2.50. The van der Waals surface area contributed by atoms with Gasteiger partial charge in [-0.1, -0.05) is 67.1 Å². The molecule has 2 saturated heterocycles. The molecule has 170 valence electrons. The molecule has 5 nitrogen and oxygen atoms in total. The van der Waals surface area contributed by atoms with Crippen molar-refractivity contribution in [3.8, 4) is 0 Å². The molecule has 0 saturated carbocycles. The van der Waals surface area contributed by atoms with Crippen LogP contribution in [0, 0.1) is 0 Å². The number of aryl methyl sites for hydroxylation is 1. The Bertz CT molecular complexity index is 876. The summed E-state index contributed by atoms with van der Waals surface area (Å²) in [6.45, 7) is 3.56. The van der Waals surface area contributed by atoms with Crippen LogP contribution >= 0.6 is 0 Å². The zero-order valence-corrected chi connectivity index (χ0v) is 19.0. The molecule has 2 amide bonds. The average Bonchev–Trinajstić information content (AvgIpc) is 2.84. The minimum Gasteiger partial charge on any atom is -0.345 e. The highest BCUT2D eigenvalue weighted by atomic mass is 16.2. The molecule has 4 rings (SSSR count).